The van der Waals surface area contributed by atoms with Crippen molar-refractivity contribution in [1.29, 1.82) is 0 Å². The van der Waals surface area contributed by atoms with Gasteiger partial charge in [0.25, 0.3) is 0 Å². The van der Waals surface area contributed by atoms with Gasteiger partial charge in [0.2, 0.25) is 5.95 Å². The van der Waals surface area contributed by atoms with Crippen molar-refractivity contribution in [3.05, 3.63) is 42.4 Å². The van der Waals surface area contributed by atoms with Crippen LogP contribution >= 0.6 is 0 Å². The summed E-state index contributed by atoms with van der Waals surface area (Å²) in [5, 5.41) is 7.17. The second kappa shape index (κ2) is 6.75. The number of anilines is 2. The average Bonchev–Trinajstić information content (AvgIpc) is 3.00. The van der Waals surface area contributed by atoms with E-state index in [9.17, 15) is 8.42 Å². The summed E-state index contributed by atoms with van der Waals surface area (Å²) < 4.78 is 30.9. The highest BCUT2D eigenvalue weighted by atomic mass is 32.2. The summed E-state index contributed by atoms with van der Waals surface area (Å²) in [6.07, 6.45) is 6.30. The Bertz CT molecular complexity index is 1060. The molecule has 0 radical (unpaired) electrons. The summed E-state index contributed by atoms with van der Waals surface area (Å²) in [7, 11) is -0.184. The molecule has 0 spiro atoms. The van der Waals surface area contributed by atoms with Gasteiger partial charge in [0, 0.05) is 31.3 Å². The van der Waals surface area contributed by atoms with Crippen molar-refractivity contribution < 1.29 is 13.2 Å². The molecule has 1 aromatic carbocycles. The monoisotopic (exact) mass is 373 g/mol. The summed E-state index contributed by atoms with van der Waals surface area (Å²) >= 11 is 0. The summed E-state index contributed by atoms with van der Waals surface area (Å²) in [6, 6.07) is 4.97. The summed E-state index contributed by atoms with van der Waals surface area (Å²) in [5.74, 6) is 0.701. The maximum Gasteiger partial charge on any atom is 0.227 e. The van der Waals surface area contributed by atoms with Crippen molar-refractivity contribution in [2.75, 3.05) is 18.7 Å². The van der Waals surface area contributed by atoms with Gasteiger partial charge in [-0.2, -0.15) is 5.10 Å². The second-order valence-electron chi connectivity index (χ2n) is 5.89. The lowest BCUT2D eigenvalue weighted by Crippen LogP contribution is -2.03. The van der Waals surface area contributed by atoms with Gasteiger partial charge in [-0.05, 0) is 30.7 Å². The molecule has 0 aliphatic heterocycles. The van der Waals surface area contributed by atoms with Crippen LogP contribution in [-0.2, 0) is 16.9 Å². The third-order valence-electron chi connectivity index (χ3n) is 3.77. The van der Waals surface area contributed by atoms with E-state index in [1.54, 1.807) is 41.5 Å². The lowest BCUT2D eigenvalue weighted by molar-refractivity contribution is 0.403. The molecule has 0 amide bonds. The van der Waals surface area contributed by atoms with Crippen LogP contribution in [-0.4, -0.2) is 41.5 Å². The number of sulfone groups is 1. The third-order valence-corrected chi connectivity index (χ3v) is 4.89. The zero-order chi connectivity index (χ0) is 18.9. The van der Waals surface area contributed by atoms with Crippen molar-refractivity contribution in [3.63, 3.8) is 0 Å². The van der Waals surface area contributed by atoms with E-state index in [1.807, 2.05) is 14.0 Å². The molecule has 2 aromatic heterocycles. The Morgan fingerprint density at radius 1 is 1.23 bits per heavy atom. The largest absolute Gasteiger partial charge is 0.495 e. The first-order valence-electron chi connectivity index (χ1n) is 7.75. The Kier molecular flexibility index (Phi) is 4.64. The molecule has 0 saturated carbocycles. The maximum absolute atomic E-state index is 12.1. The molecule has 1 N–H and O–H groups in total. The number of aromatic nitrogens is 4. The highest BCUT2D eigenvalue weighted by Gasteiger charge is 2.17. The van der Waals surface area contributed by atoms with Gasteiger partial charge in [0.05, 0.1) is 24.7 Å². The van der Waals surface area contributed by atoms with E-state index in [1.165, 1.54) is 7.11 Å². The van der Waals surface area contributed by atoms with E-state index in [0.717, 1.165) is 17.5 Å². The van der Waals surface area contributed by atoms with Crippen LogP contribution in [0.5, 0.6) is 5.75 Å². The molecule has 0 fully saturated rings. The fourth-order valence-electron chi connectivity index (χ4n) is 2.52. The minimum Gasteiger partial charge on any atom is -0.495 e. The predicted octanol–water partition coefficient (Wildman–Crippen LogP) is 2.34. The van der Waals surface area contributed by atoms with E-state index in [2.05, 4.69) is 20.4 Å². The van der Waals surface area contributed by atoms with E-state index in [-0.39, 0.29) is 4.90 Å². The van der Waals surface area contributed by atoms with E-state index in [0.29, 0.717) is 23.0 Å². The van der Waals surface area contributed by atoms with E-state index in [4.69, 9.17) is 4.74 Å². The standard InChI is InChI=1S/C17H19N5O3S/c1-11-8-18-17(20-13-9-19-22(2)10-13)21-16(11)12-5-6-14(25-3)15(7-12)26(4,23)24/h5-10H,1-4H3,(H,18,20,21). The van der Waals surface area contributed by atoms with Crippen LogP contribution in [0.3, 0.4) is 0 Å². The van der Waals surface area contributed by atoms with Gasteiger partial charge in [0.1, 0.15) is 10.6 Å². The number of benzene rings is 1. The second-order valence-corrected chi connectivity index (χ2v) is 7.87. The zero-order valence-corrected chi connectivity index (χ0v) is 15.7. The molecular formula is C17H19N5O3S. The molecule has 3 aromatic rings. The van der Waals surface area contributed by atoms with Gasteiger partial charge in [-0.25, -0.2) is 18.4 Å². The molecule has 0 aliphatic carbocycles. The Labute approximate surface area is 151 Å². The summed E-state index contributed by atoms with van der Waals surface area (Å²) in [5.41, 5.74) is 2.89. The van der Waals surface area contributed by atoms with Crippen LogP contribution in [0.2, 0.25) is 0 Å². The molecule has 136 valence electrons. The van der Waals surface area contributed by atoms with Gasteiger partial charge in [-0.3, -0.25) is 4.68 Å². The van der Waals surface area contributed by atoms with Crippen LogP contribution in [0, 0.1) is 6.92 Å². The minimum atomic E-state index is -3.44. The Balaban J connectivity index is 2.05. The van der Waals surface area contributed by atoms with Crippen molar-refractivity contribution in [3.8, 4) is 17.0 Å². The fraction of sp³-hybridized carbons (Fsp3) is 0.235. The molecule has 9 heteroatoms. The molecular weight excluding hydrogens is 354 g/mol. The first kappa shape index (κ1) is 17.9. The molecule has 0 unspecified atom stereocenters. The van der Waals surface area contributed by atoms with Crippen molar-refractivity contribution in [2.24, 2.45) is 7.05 Å². The summed E-state index contributed by atoms with van der Waals surface area (Å²) in [6.45, 7) is 1.87. The predicted molar refractivity (Wildman–Crippen MR) is 98.4 cm³/mol. The Morgan fingerprint density at radius 3 is 2.62 bits per heavy atom. The number of aryl methyl sites for hydroxylation is 2. The highest BCUT2D eigenvalue weighted by Crippen LogP contribution is 2.31. The number of methoxy groups -OCH3 is 1. The van der Waals surface area contributed by atoms with Crippen LogP contribution in [0.25, 0.3) is 11.3 Å². The quantitative estimate of drug-likeness (QED) is 0.733. The smallest absolute Gasteiger partial charge is 0.227 e. The zero-order valence-electron chi connectivity index (χ0n) is 14.9. The van der Waals surface area contributed by atoms with Crippen LogP contribution in [0.4, 0.5) is 11.6 Å². The molecule has 8 nitrogen and oxygen atoms in total. The number of hydrogen-bond acceptors (Lipinski definition) is 7. The van der Waals surface area contributed by atoms with Gasteiger partial charge < -0.3 is 10.1 Å². The first-order valence-corrected chi connectivity index (χ1v) is 9.65. The number of hydrogen-bond donors (Lipinski definition) is 1. The van der Waals surface area contributed by atoms with Gasteiger partial charge >= 0.3 is 0 Å². The number of nitrogens with zero attached hydrogens (tertiary/aromatic N) is 4. The lowest BCUT2D eigenvalue weighted by Gasteiger charge is -2.11. The molecule has 0 aliphatic rings. The van der Waals surface area contributed by atoms with Gasteiger partial charge in [0.15, 0.2) is 9.84 Å². The van der Waals surface area contributed by atoms with Crippen LogP contribution in [0.15, 0.2) is 41.7 Å². The molecule has 26 heavy (non-hydrogen) atoms. The molecule has 0 bridgehead atoms. The molecule has 0 saturated heterocycles. The van der Waals surface area contributed by atoms with Crippen LogP contribution < -0.4 is 10.1 Å². The molecule has 3 rings (SSSR count). The van der Waals surface area contributed by atoms with E-state index < -0.39 is 9.84 Å². The normalized spacial score (nSPS) is 11.4. The Morgan fingerprint density at radius 2 is 2.00 bits per heavy atom. The van der Waals surface area contributed by atoms with Crippen LogP contribution in [0.1, 0.15) is 5.56 Å². The number of ether oxygens (including phenoxy) is 1. The minimum absolute atomic E-state index is 0.122. The average molecular weight is 373 g/mol. The van der Waals surface area contributed by atoms with Gasteiger partial charge in [-0.15, -0.1) is 0 Å². The number of rotatable bonds is 5. The SMILES string of the molecule is COc1ccc(-c2nc(Nc3cnn(C)c3)ncc2C)cc1S(C)(=O)=O. The molecule has 0 atom stereocenters. The van der Waals surface area contributed by atoms with Crippen molar-refractivity contribution >= 4 is 21.5 Å². The lowest BCUT2D eigenvalue weighted by atomic mass is 10.1. The van der Waals surface area contributed by atoms with Gasteiger partial charge in [-0.1, -0.05) is 0 Å². The first-order chi connectivity index (χ1) is 12.3. The summed E-state index contributed by atoms with van der Waals surface area (Å²) in [4.78, 5) is 8.93. The molecule has 2 heterocycles. The van der Waals surface area contributed by atoms with Crippen molar-refractivity contribution in [2.45, 2.75) is 11.8 Å². The highest BCUT2D eigenvalue weighted by molar-refractivity contribution is 7.90. The van der Waals surface area contributed by atoms with E-state index >= 15 is 0 Å². The Hall–Kier alpha value is -2.94. The number of nitrogens with one attached hydrogen (secondary N) is 1. The topological polar surface area (TPSA) is 99.0 Å². The van der Waals surface area contributed by atoms with Crippen molar-refractivity contribution in [1.82, 2.24) is 19.7 Å². The third kappa shape index (κ3) is 3.67. The maximum atomic E-state index is 12.1. The fourth-order valence-corrected chi connectivity index (χ4v) is 3.38.